The summed E-state index contributed by atoms with van der Waals surface area (Å²) in [7, 11) is 3.80. The van der Waals surface area contributed by atoms with Crippen molar-refractivity contribution in [1.29, 1.82) is 0 Å². The van der Waals surface area contributed by atoms with Crippen LogP contribution in [0.2, 0.25) is 0 Å². The third kappa shape index (κ3) is 7.53. The predicted octanol–water partition coefficient (Wildman–Crippen LogP) is 2.73. The molecule has 2 N–H and O–H groups in total. The second kappa shape index (κ2) is 9.67. The summed E-state index contributed by atoms with van der Waals surface area (Å²) in [4.78, 5) is 18.4. The normalized spacial score (nSPS) is 18.3. The number of carbonyl (C=O) groups excluding carboxylic acids is 1. The number of amides is 1. The smallest absolute Gasteiger partial charge is 0.410 e. The van der Waals surface area contributed by atoms with Crippen LogP contribution < -0.4 is 10.6 Å². The van der Waals surface area contributed by atoms with E-state index in [1.54, 1.807) is 7.05 Å². The van der Waals surface area contributed by atoms with Crippen LogP contribution in [0.3, 0.4) is 0 Å². The first-order valence-electron chi connectivity index (χ1n) is 9.80. The molecule has 1 aromatic heterocycles. The summed E-state index contributed by atoms with van der Waals surface area (Å²) < 4.78 is 7.54. The van der Waals surface area contributed by atoms with E-state index in [0.717, 1.165) is 51.4 Å². The first kappa shape index (κ1) is 21.1. The zero-order valence-corrected chi connectivity index (χ0v) is 17.4. The third-order valence-electron chi connectivity index (χ3n) is 4.59. The number of aryl methyl sites for hydroxylation is 1. The van der Waals surface area contributed by atoms with Crippen molar-refractivity contribution in [2.75, 3.05) is 26.7 Å². The number of carbonyl (C=O) groups is 1. The van der Waals surface area contributed by atoms with Crippen molar-refractivity contribution in [2.45, 2.75) is 52.2 Å². The average molecular weight is 378 g/mol. The number of hydrogen-bond acceptors (Lipinski definition) is 3. The van der Waals surface area contributed by atoms with E-state index in [1.807, 2.05) is 43.5 Å². The van der Waals surface area contributed by atoms with Crippen molar-refractivity contribution < 1.29 is 9.53 Å². The molecule has 7 heteroatoms. The Labute approximate surface area is 163 Å². The lowest BCUT2D eigenvalue weighted by atomic mass is 9.95. The van der Waals surface area contributed by atoms with Gasteiger partial charge in [-0.3, -0.25) is 4.99 Å². The zero-order valence-electron chi connectivity index (χ0n) is 17.4. The van der Waals surface area contributed by atoms with Gasteiger partial charge in [0.1, 0.15) is 5.60 Å². The lowest BCUT2D eigenvalue weighted by Crippen LogP contribution is -2.44. The second-order valence-corrected chi connectivity index (χ2v) is 8.26. The summed E-state index contributed by atoms with van der Waals surface area (Å²) in [6, 6.07) is 2.09. The fourth-order valence-electron chi connectivity index (χ4n) is 3.26. The van der Waals surface area contributed by atoms with Crippen LogP contribution in [0.1, 0.15) is 45.6 Å². The van der Waals surface area contributed by atoms with Crippen LogP contribution in [-0.2, 0) is 18.3 Å². The fraction of sp³-hybridized carbons (Fsp3) is 0.700. The summed E-state index contributed by atoms with van der Waals surface area (Å²) in [6.07, 6.45) is 7.12. The lowest BCUT2D eigenvalue weighted by molar-refractivity contribution is 0.0162. The first-order chi connectivity index (χ1) is 12.8. The van der Waals surface area contributed by atoms with Crippen molar-refractivity contribution in [3.8, 4) is 0 Å². The largest absolute Gasteiger partial charge is 0.444 e. The average Bonchev–Trinajstić information content (AvgIpc) is 3.02. The van der Waals surface area contributed by atoms with Crippen LogP contribution in [-0.4, -0.2) is 53.8 Å². The van der Waals surface area contributed by atoms with Crippen molar-refractivity contribution in [3.63, 3.8) is 0 Å². The maximum atomic E-state index is 12.3. The molecule has 1 aliphatic rings. The molecule has 152 valence electrons. The first-order valence-corrected chi connectivity index (χ1v) is 9.80. The van der Waals surface area contributed by atoms with Crippen LogP contribution >= 0.6 is 0 Å². The molecule has 0 saturated carbocycles. The molecule has 0 spiro atoms. The number of ether oxygens (including phenoxy) is 1. The quantitative estimate of drug-likeness (QED) is 0.611. The highest BCUT2D eigenvalue weighted by molar-refractivity contribution is 5.79. The van der Waals surface area contributed by atoms with Gasteiger partial charge in [-0.1, -0.05) is 0 Å². The highest BCUT2D eigenvalue weighted by atomic mass is 16.6. The van der Waals surface area contributed by atoms with Crippen LogP contribution in [0, 0.1) is 5.92 Å². The lowest BCUT2D eigenvalue weighted by Gasteiger charge is -2.34. The Kier molecular flexibility index (Phi) is 7.56. The Morgan fingerprint density at radius 2 is 2.15 bits per heavy atom. The number of aliphatic imine (C=N–C) groups is 1. The summed E-state index contributed by atoms with van der Waals surface area (Å²) >= 11 is 0. The number of aromatic nitrogens is 1. The molecule has 1 aromatic rings. The monoisotopic (exact) mass is 377 g/mol. The van der Waals surface area contributed by atoms with Crippen molar-refractivity contribution in [1.82, 2.24) is 20.1 Å². The van der Waals surface area contributed by atoms with E-state index in [2.05, 4.69) is 27.9 Å². The SMILES string of the molecule is CN=C(NCCC1CCCN(C(=O)OC(C)(C)C)C1)NCc1ccn(C)c1. The summed E-state index contributed by atoms with van der Waals surface area (Å²) in [5.41, 5.74) is 0.781. The molecule has 1 aliphatic heterocycles. The molecule has 1 atom stereocenters. The Morgan fingerprint density at radius 3 is 2.78 bits per heavy atom. The molecule has 1 amide bonds. The van der Waals surface area contributed by atoms with Crippen LogP contribution in [0.4, 0.5) is 4.79 Å². The summed E-state index contributed by atoms with van der Waals surface area (Å²) in [6.45, 7) is 8.86. The molecule has 1 fully saturated rings. The van der Waals surface area contributed by atoms with Crippen LogP contribution in [0.5, 0.6) is 0 Å². The Hall–Kier alpha value is -2.18. The van der Waals surface area contributed by atoms with E-state index in [0.29, 0.717) is 5.92 Å². The molecular formula is C20H35N5O2. The molecule has 0 aromatic carbocycles. The Bertz CT molecular complexity index is 633. The van der Waals surface area contributed by atoms with E-state index in [4.69, 9.17) is 4.74 Å². The van der Waals surface area contributed by atoms with E-state index in [-0.39, 0.29) is 6.09 Å². The number of likely N-dealkylation sites (tertiary alicyclic amines) is 1. The highest BCUT2D eigenvalue weighted by Crippen LogP contribution is 2.21. The summed E-state index contributed by atoms with van der Waals surface area (Å²) in [5.74, 6) is 1.30. The van der Waals surface area contributed by atoms with Crippen molar-refractivity contribution in [2.24, 2.45) is 18.0 Å². The number of nitrogens with zero attached hydrogens (tertiary/aromatic N) is 3. The van der Waals surface area contributed by atoms with Gasteiger partial charge in [-0.05, 0) is 57.6 Å². The van der Waals surface area contributed by atoms with Crippen LogP contribution in [0.15, 0.2) is 23.5 Å². The van der Waals surface area contributed by atoms with Crippen molar-refractivity contribution >= 4 is 12.1 Å². The Morgan fingerprint density at radius 1 is 1.37 bits per heavy atom. The fourth-order valence-corrected chi connectivity index (χ4v) is 3.26. The number of piperidine rings is 1. The van der Waals surface area contributed by atoms with E-state index in [1.165, 1.54) is 5.56 Å². The van der Waals surface area contributed by atoms with Crippen LogP contribution in [0.25, 0.3) is 0 Å². The van der Waals surface area contributed by atoms with Crippen molar-refractivity contribution in [3.05, 3.63) is 24.0 Å². The van der Waals surface area contributed by atoms with Gasteiger partial charge < -0.3 is 24.8 Å². The Balaban J connectivity index is 1.71. The highest BCUT2D eigenvalue weighted by Gasteiger charge is 2.27. The number of rotatable bonds is 5. The molecule has 7 nitrogen and oxygen atoms in total. The molecular weight excluding hydrogens is 342 g/mol. The zero-order chi connectivity index (χ0) is 19.9. The number of guanidine groups is 1. The van der Waals surface area contributed by atoms with Gasteiger partial charge in [0.15, 0.2) is 5.96 Å². The third-order valence-corrected chi connectivity index (χ3v) is 4.59. The van der Waals surface area contributed by atoms with E-state index >= 15 is 0 Å². The minimum Gasteiger partial charge on any atom is -0.444 e. The number of nitrogens with one attached hydrogen (secondary N) is 2. The van der Waals surface area contributed by atoms with Gasteiger partial charge >= 0.3 is 6.09 Å². The minimum absolute atomic E-state index is 0.194. The van der Waals surface area contributed by atoms with Gasteiger partial charge in [0.2, 0.25) is 0 Å². The molecule has 1 unspecified atom stereocenters. The molecule has 0 bridgehead atoms. The minimum atomic E-state index is -0.442. The van der Waals surface area contributed by atoms with Gasteiger partial charge in [0.25, 0.3) is 0 Å². The predicted molar refractivity (Wildman–Crippen MR) is 109 cm³/mol. The summed E-state index contributed by atoms with van der Waals surface area (Å²) in [5, 5.41) is 6.70. The van der Waals surface area contributed by atoms with E-state index in [9.17, 15) is 4.79 Å². The topological polar surface area (TPSA) is 70.9 Å². The van der Waals surface area contributed by atoms with E-state index < -0.39 is 5.60 Å². The van der Waals surface area contributed by atoms with Gasteiger partial charge in [-0.25, -0.2) is 4.79 Å². The molecule has 27 heavy (non-hydrogen) atoms. The number of hydrogen-bond donors (Lipinski definition) is 2. The maximum absolute atomic E-state index is 12.3. The molecule has 2 rings (SSSR count). The van der Waals surface area contributed by atoms with Gasteiger partial charge in [-0.2, -0.15) is 0 Å². The maximum Gasteiger partial charge on any atom is 0.410 e. The molecule has 2 heterocycles. The van der Waals surface area contributed by atoms with Gasteiger partial charge in [0.05, 0.1) is 0 Å². The standard InChI is InChI=1S/C20H35N5O2/c1-20(2,3)27-19(26)25-11-6-7-16(15-25)8-10-22-18(21-4)23-13-17-9-12-24(5)14-17/h9,12,14,16H,6-8,10-11,13,15H2,1-5H3,(H2,21,22,23). The molecule has 1 saturated heterocycles. The molecule has 0 radical (unpaired) electrons. The molecule has 0 aliphatic carbocycles. The van der Waals surface area contributed by atoms with Gasteiger partial charge in [0, 0.05) is 52.7 Å². The second-order valence-electron chi connectivity index (χ2n) is 8.26. The van der Waals surface area contributed by atoms with Gasteiger partial charge in [-0.15, -0.1) is 0 Å².